The summed E-state index contributed by atoms with van der Waals surface area (Å²) < 4.78 is 5.83. The summed E-state index contributed by atoms with van der Waals surface area (Å²) in [6.45, 7) is 7.00. The van der Waals surface area contributed by atoms with Crippen molar-refractivity contribution in [3.8, 4) is 5.75 Å². The van der Waals surface area contributed by atoms with Gasteiger partial charge >= 0.3 is 5.97 Å². The Hall–Kier alpha value is -1.30. The summed E-state index contributed by atoms with van der Waals surface area (Å²) in [7, 11) is 2.12. The van der Waals surface area contributed by atoms with Gasteiger partial charge in [0, 0.05) is 38.0 Å². The molecule has 2 unspecified atom stereocenters. The summed E-state index contributed by atoms with van der Waals surface area (Å²) >= 11 is 5.79. The van der Waals surface area contributed by atoms with Crippen LogP contribution in [0.4, 0.5) is 0 Å². The van der Waals surface area contributed by atoms with Gasteiger partial charge in [-0.05, 0) is 31.8 Å². The van der Waals surface area contributed by atoms with Crippen molar-refractivity contribution < 1.29 is 14.6 Å². The van der Waals surface area contributed by atoms with Gasteiger partial charge in [-0.1, -0.05) is 18.5 Å². The SMILES string of the molecule is CCN1CC2CN(C)CC(C1)C2OC(=O)c1ccc(Cl)c(O)c1. The monoisotopic (exact) mass is 338 g/mol. The molecule has 5 nitrogen and oxygen atoms in total. The fourth-order valence-corrected chi connectivity index (χ4v) is 3.93. The maximum atomic E-state index is 12.4. The van der Waals surface area contributed by atoms with Crippen molar-refractivity contribution in [1.29, 1.82) is 0 Å². The van der Waals surface area contributed by atoms with Crippen LogP contribution in [0.25, 0.3) is 0 Å². The first kappa shape index (κ1) is 16.6. The Labute approximate surface area is 141 Å². The summed E-state index contributed by atoms with van der Waals surface area (Å²) in [4.78, 5) is 17.2. The number of phenols is 1. The third-order valence-corrected chi connectivity index (χ3v) is 5.20. The lowest BCUT2D eigenvalue weighted by Gasteiger charge is -2.49. The molecule has 2 aliphatic heterocycles. The molecule has 0 aliphatic carbocycles. The number of benzene rings is 1. The molecular weight excluding hydrogens is 316 g/mol. The second kappa shape index (κ2) is 6.67. The predicted octanol–water partition coefficient (Wildman–Crippen LogP) is 2.08. The minimum Gasteiger partial charge on any atom is -0.506 e. The summed E-state index contributed by atoms with van der Waals surface area (Å²) in [5, 5.41) is 9.90. The number of likely N-dealkylation sites (tertiary alicyclic amines) is 2. The van der Waals surface area contributed by atoms with Gasteiger partial charge in [-0.15, -0.1) is 0 Å². The number of hydrogen-bond donors (Lipinski definition) is 1. The summed E-state index contributed by atoms with van der Waals surface area (Å²) in [5.41, 5.74) is 0.344. The van der Waals surface area contributed by atoms with Crippen LogP contribution in [-0.2, 0) is 4.74 Å². The Kier molecular flexibility index (Phi) is 4.80. The molecule has 2 bridgehead atoms. The number of aromatic hydroxyl groups is 1. The average molecular weight is 339 g/mol. The van der Waals surface area contributed by atoms with E-state index in [9.17, 15) is 9.90 Å². The van der Waals surface area contributed by atoms with Gasteiger partial charge < -0.3 is 19.6 Å². The van der Waals surface area contributed by atoms with Crippen LogP contribution in [0.15, 0.2) is 18.2 Å². The lowest BCUT2D eigenvalue weighted by atomic mass is 9.81. The van der Waals surface area contributed by atoms with E-state index in [4.69, 9.17) is 16.3 Å². The number of carbonyl (C=O) groups is 1. The normalized spacial score (nSPS) is 28.6. The lowest BCUT2D eigenvalue weighted by Crippen LogP contribution is -2.60. The highest BCUT2D eigenvalue weighted by molar-refractivity contribution is 6.32. The Morgan fingerprint density at radius 3 is 2.52 bits per heavy atom. The molecule has 2 heterocycles. The molecule has 0 amide bonds. The van der Waals surface area contributed by atoms with Gasteiger partial charge in [-0.2, -0.15) is 0 Å². The van der Waals surface area contributed by atoms with Gasteiger partial charge in [0.25, 0.3) is 0 Å². The fourth-order valence-electron chi connectivity index (χ4n) is 3.81. The fraction of sp³-hybridized carbons (Fsp3) is 0.588. The van der Waals surface area contributed by atoms with Gasteiger partial charge in [-0.25, -0.2) is 4.79 Å². The lowest BCUT2D eigenvalue weighted by molar-refractivity contribution is -0.0831. The van der Waals surface area contributed by atoms with E-state index in [0.29, 0.717) is 17.4 Å². The van der Waals surface area contributed by atoms with Crippen molar-refractivity contribution in [3.05, 3.63) is 28.8 Å². The number of fused-ring (bicyclic) bond motifs is 2. The predicted molar refractivity (Wildman–Crippen MR) is 88.9 cm³/mol. The average Bonchev–Trinajstić information content (AvgIpc) is 2.50. The molecule has 6 heteroatoms. The second-order valence-corrected chi connectivity index (χ2v) is 7.04. The number of rotatable bonds is 3. The molecule has 2 aliphatic rings. The largest absolute Gasteiger partial charge is 0.506 e. The number of ether oxygens (including phenoxy) is 1. The van der Waals surface area contributed by atoms with Gasteiger partial charge in [0.2, 0.25) is 0 Å². The molecule has 0 saturated carbocycles. The molecule has 1 N–H and O–H groups in total. The van der Waals surface area contributed by atoms with Gasteiger partial charge in [0.05, 0.1) is 10.6 Å². The first-order valence-electron chi connectivity index (χ1n) is 8.08. The van der Waals surface area contributed by atoms with E-state index in [2.05, 4.69) is 23.8 Å². The molecule has 0 aromatic heterocycles. The molecule has 23 heavy (non-hydrogen) atoms. The van der Waals surface area contributed by atoms with Crippen molar-refractivity contribution in [3.63, 3.8) is 0 Å². The summed E-state index contributed by atoms with van der Waals surface area (Å²) in [6.07, 6.45) is -0.0562. The van der Waals surface area contributed by atoms with E-state index in [1.54, 1.807) is 6.07 Å². The summed E-state index contributed by atoms with van der Waals surface area (Å²) in [5.74, 6) is 0.183. The summed E-state index contributed by atoms with van der Waals surface area (Å²) in [6, 6.07) is 4.48. The van der Waals surface area contributed by atoms with Gasteiger partial charge in [-0.3, -0.25) is 0 Å². The van der Waals surface area contributed by atoms with Crippen LogP contribution in [0.5, 0.6) is 5.75 Å². The zero-order chi connectivity index (χ0) is 16.6. The highest BCUT2D eigenvalue weighted by atomic mass is 35.5. The molecule has 0 spiro atoms. The van der Waals surface area contributed by atoms with Crippen LogP contribution in [-0.4, -0.2) is 66.8 Å². The number of halogens is 1. The number of esters is 1. The Bertz CT molecular complexity index is 579. The highest BCUT2D eigenvalue weighted by Crippen LogP contribution is 2.32. The molecule has 2 fully saturated rings. The zero-order valence-corrected chi connectivity index (χ0v) is 14.3. The van der Waals surface area contributed by atoms with E-state index in [1.807, 2.05) is 0 Å². The van der Waals surface area contributed by atoms with E-state index >= 15 is 0 Å². The second-order valence-electron chi connectivity index (χ2n) is 6.63. The number of hydrogen-bond acceptors (Lipinski definition) is 5. The molecule has 0 radical (unpaired) electrons. The Morgan fingerprint density at radius 1 is 1.30 bits per heavy atom. The van der Waals surface area contributed by atoms with E-state index < -0.39 is 0 Å². The van der Waals surface area contributed by atoms with Crippen molar-refractivity contribution in [2.24, 2.45) is 11.8 Å². The minimum atomic E-state index is -0.383. The maximum absolute atomic E-state index is 12.4. The van der Waals surface area contributed by atoms with Crippen LogP contribution in [0.1, 0.15) is 17.3 Å². The molecule has 126 valence electrons. The van der Waals surface area contributed by atoms with Gasteiger partial charge in [0.15, 0.2) is 0 Å². The van der Waals surface area contributed by atoms with Crippen LogP contribution in [0, 0.1) is 11.8 Å². The van der Waals surface area contributed by atoms with Gasteiger partial charge in [0.1, 0.15) is 11.9 Å². The minimum absolute atomic E-state index is 0.0562. The van der Waals surface area contributed by atoms with E-state index in [-0.39, 0.29) is 22.8 Å². The van der Waals surface area contributed by atoms with Crippen molar-refractivity contribution >= 4 is 17.6 Å². The maximum Gasteiger partial charge on any atom is 0.338 e. The van der Waals surface area contributed by atoms with Crippen molar-refractivity contribution in [1.82, 2.24) is 9.80 Å². The first-order chi connectivity index (χ1) is 11.0. The van der Waals surface area contributed by atoms with Crippen LogP contribution < -0.4 is 0 Å². The number of carbonyl (C=O) groups excluding carboxylic acids is 1. The first-order valence-corrected chi connectivity index (χ1v) is 8.46. The molecule has 2 saturated heterocycles. The molecule has 2 atom stereocenters. The van der Waals surface area contributed by atoms with E-state index in [0.717, 1.165) is 32.7 Å². The third-order valence-electron chi connectivity index (χ3n) is 4.88. The number of piperidine rings is 2. The van der Waals surface area contributed by atoms with Crippen LogP contribution in [0.3, 0.4) is 0 Å². The molecule has 1 aromatic rings. The Balaban J connectivity index is 1.73. The highest BCUT2D eigenvalue weighted by Gasteiger charge is 2.43. The van der Waals surface area contributed by atoms with Crippen LogP contribution in [0.2, 0.25) is 5.02 Å². The number of nitrogens with zero attached hydrogens (tertiary/aromatic N) is 2. The Morgan fingerprint density at radius 2 is 1.96 bits per heavy atom. The standard InChI is InChI=1S/C17H23ClN2O3/c1-3-20-9-12-7-19(2)8-13(10-20)16(12)23-17(22)11-4-5-14(18)15(21)6-11/h4-6,12-13,16,21H,3,7-10H2,1-2H3. The van der Waals surface area contributed by atoms with E-state index in [1.165, 1.54) is 12.1 Å². The topological polar surface area (TPSA) is 53.0 Å². The molecule has 3 rings (SSSR count). The third kappa shape index (κ3) is 3.47. The smallest absolute Gasteiger partial charge is 0.338 e. The zero-order valence-electron chi connectivity index (χ0n) is 13.5. The van der Waals surface area contributed by atoms with Crippen molar-refractivity contribution in [2.75, 3.05) is 39.8 Å². The number of phenolic OH excluding ortho intramolecular Hbond substituents is 1. The molecular formula is C17H23ClN2O3. The van der Waals surface area contributed by atoms with Crippen LogP contribution >= 0.6 is 11.6 Å². The molecule has 1 aromatic carbocycles. The quantitative estimate of drug-likeness (QED) is 0.855. The van der Waals surface area contributed by atoms with Crippen molar-refractivity contribution in [2.45, 2.75) is 13.0 Å².